The van der Waals surface area contributed by atoms with Crippen LogP contribution in [0.25, 0.3) is 0 Å². The van der Waals surface area contributed by atoms with E-state index in [1.54, 1.807) is 0 Å². The van der Waals surface area contributed by atoms with Crippen molar-refractivity contribution in [2.45, 2.75) is 38.4 Å². The maximum absolute atomic E-state index is 11.5. The summed E-state index contributed by atoms with van der Waals surface area (Å²) in [6, 6.07) is 0. The highest BCUT2D eigenvalue weighted by molar-refractivity contribution is 5.84. The molecule has 2 unspecified atom stereocenters. The zero-order chi connectivity index (χ0) is 10.8. The fourth-order valence-electron chi connectivity index (χ4n) is 1.81. The molecule has 1 rings (SSSR count). The van der Waals surface area contributed by atoms with Crippen LogP contribution in [-0.2, 0) is 19.0 Å². The summed E-state index contributed by atoms with van der Waals surface area (Å²) in [7, 11) is 1.38. The molecule has 2 atom stereocenters. The maximum atomic E-state index is 11.5. The molecule has 4 nitrogen and oxygen atoms in total. The van der Waals surface area contributed by atoms with Gasteiger partial charge in [-0.15, -0.1) is 0 Å². The lowest BCUT2D eigenvalue weighted by Gasteiger charge is -2.12. The second-order valence-electron chi connectivity index (χ2n) is 3.64. The van der Waals surface area contributed by atoms with Crippen molar-refractivity contribution in [2.24, 2.45) is 0 Å². The van der Waals surface area contributed by atoms with E-state index in [2.05, 4.69) is 0 Å². The van der Waals surface area contributed by atoms with Gasteiger partial charge in [0.1, 0.15) is 5.60 Å². The van der Waals surface area contributed by atoms with Gasteiger partial charge in [-0.1, -0.05) is 6.92 Å². The third kappa shape index (κ3) is 1.53. The molecule has 0 spiro atoms. The molecule has 0 aromatic carbocycles. The van der Waals surface area contributed by atoms with Crippen molar-refractivity contribution in [1.29, 1.82) is 0 Å². The van der Waals surface area contributed by atoms with Crippen molar-refractivity contribution < 1.29 is 19.0 Å². The molecule has 0 amide bonds. The molecule has 0 bridgehead atoms. The van der Waals surface area contributed by atoms with Crippen molar-refractivity contribution in [3.8, 4) is 0 Å². The van der Waals surface area contributed by atoms with Crippen molar-refractivity contribution in [3.05, 3.63) is 0 Å². The molecule has 14 heavy (non-hydrogen) atoms. The lowest BCUT2D eigenvalue weighted by Crippen LogP contribution is -2.35. The molecule has 0 radical (unpaired) electrons. The largest absolute Gasteiger partial charge is 0.467 e. The summed E-state index contributed by atoms with van der Waals surface area (Å²) in [4.78, 5) is 11.5. The minimum atomic E-state index is -0.781. The molecule has 0 aromatic rings. The van der Waals surface area contributed by atoms with Gasteiger partial charge in [0.15, 0.2) is 5.60 Å². The van der Waals surface area contributed by atoms with Gasteiger partial charge in [-0.3, -0.25) is 0 Å². The first kappa shape index (κ1) is 11.5. The summed E-state index contributed by atoms with van der Waals surface area (Å²) in [5, 5.41) is 0. The third-order valence-corrected chi connectivity index (χ3v) is 2.81. The molecular formula is C10H18O4. The summed E-state index contributed by atoms with van der Waals surface area (Å²) in [6.07, 6.45) is 0.614. The summed E-state index contributed by atoms with van der Waals surface area (Å²) < 4.78 is 15.5. The molecule has 1 saturated heterocycles. The monoisotopic (exact) mass is 202 g/mol. The molecule has 0 saturated carbocycles. The third-order valence-electron chi connectivity index (χ3n) is 2.81. The number of esters is 1. The van der Waals surface area contributed by atoms with Crippen LogP contribution in [0.2, 0.25) is 0 Å². The van der Waals surface area contributed by atoms with Crippen LogP contribution in [0.5, 0.6) is 0 Å². The van der Waals surface area contributed by atoms with E-state index in [-0.39, 0.29) is 5.97 Å². The fraction of sp³-hybridized carbons (Fsp3) is 0.900. The minimum absolute atomic E-state index is 0.304. The Labute approximate surface area is 84.5 Å². The minimum Gasteiger partial charge on any atom is -0.467 e. The number of epoxide rings is 1. The Balaban J connectivity index is 2.64. The van der Waals surface area contributed by atoms with Gasteiger partial charge in [0.25, 0.3) is 0 Å². The highest BCUT2D eigenvalue weighted by Gasteiger charge is 2.71. The normalized spacial score (nSPS) is 35.4. The average molecular weight is 202 g/mol. The lowest BCUT2D eigenvalue weighted by atomic mass is 9.92. The van der Waals surface area contributed by atoms with Gasteiger partial charge in [-0.05, 0) is 20.3 Å². The maximum Gasteiger partial charge on any atom is 0.341 e. The van der Waals surface area contributed by atoms with E-state index in [0.29, 0.717) is 19.6 Å². The molecule has 82 valence electrons. The standard InChI is InChI=1S/C10H18O4/c1-5-10(8(11)12-4)9(3,14-10)7-13-6-2/h5-7H2,1-4H3. The van der Waals surface area contributed by atoms with E-state index in [0.717, 1.165) is 0 Å². The van der Waals surface area contributed by atoms with Crippen LogP contribution in [0.4, 0.5) is 0 Å². The van der Waals surface area contributed by atoms with Crippen LogP contribution in [0, 0.1) is 0 Å². The molecule has 0 aliphatic carbocycles. The fourth-order valence-corrected chi connectivity index (χ4v) is 1.81. The first-order chi connectivity index (χ1) is 6.56. The Morgan fingerprint density at radius 1 is 1.43 bits per heavy atom. The van der Waals surface area contributed by atoms with Gasteiger partial charge >= 0.3 is 5.97 Å². The van der Waals surface area contributed by atoms with E-state index in [4.69, 9.17) is 14.2 Å². The number of rotatable bonds is 5. The Kier molecular flexibility index (Phi) is 3.17. The van der Waals surface area contributed by atoms with Gasteiger partial charge in [0.05, 0.1) is 13.7 Å². The van der Waals surface area contributed by atoms with E-state index in [1.165, 1.54) is 7.11 Å². The molecule has 1 heterocycles. The average Bonchev–Trinajstić information content (AvgIpc) is 2.82. The van der Waals surface area contributed by atoms with Gasteiger partial charge in [0.2, 0.25) is 0 Å². The van der Waals surface area contributed by atoms with Crippen LogP contribution in [0.1, 0.15) is 27.2 Å². The van der Waals surface area contributed by atoms with E-state index >= 15 is 0 Å². The smallest absolute Gasteiger partial charge is 0.341 e. The van der Waals surface area contributed by atoms with E-state index < -0.39 is 11.2 Å². The first-order valence-corrected chi connectivity index (χ1v) is 4.92. The molecule has 4 heteroatoms. The molecule has 1 fully saturated rings. The zero-order valence-electron chi connectivity index (χ0n) is 9.25. The highest BCUT2D eigenvalue weighted by atomic mass is 16.7. The summed E-state index contributed by atoms with van der Waals surface area (Å²) >= 11 is 0. The van der Waals surface area contributed by atoms with Crippen LogP contribution in [0.3, 0.4) is 0 Å². The highest BCUT2D eigenvalue weighted by Crippen LogP contribution is 2.51. The summed E-state index contributed by atoms with van der Waals surface area (Å²) in [6.45, 7) is 6.76. The van der Waals surface area contributed by atoms with Gasteiger partial charge in [0, 0.05) is 6.61 Å². The van der Waals surface area contributed by atoms with Gasteiger partial charge in [-0.25, -0.2) is 4.79 Å². The molecule has 1 aliphatic rings. The van der Waals surface area contributed by atoms with E-state index in [1.807, 2.05) is 20.8 Å². The topological polar surface area (TPSA) is 48.1 Å². The van der Waals surface area contributed by atoms with Crippen LogP contribution >= 0.6 is 0 Å². The van der Waals surface area contributed by atoms with E-state index in [9.17, 15) is 4.79 Å². The second kappa shape index (κ2) is 3.87. The lowest BCUT2D eigenvalue weighted by molar-refractivity contribution is -0.147. The Bertz CT molecular complexity index is 228. The van der Waals surface area contributed by atoms with Crippen molar-refractivity contribution in [3.63, 3.8) is 0 Å². The SMILES string of the molecule is CCOCC1(C)OC1(CC)C(=O)OC. The number of carbonyl (C=O) groups is 1. The number of carbonyl (C=O) groups excluding carboxylic acids is 1. The Hall–Kier alpha value is -0.610. The zero-order valence-corrected chi connectivity index (χ0v) is 9.25. The number of methoxy groups -OCH3 is 1. The van der Waals surface area contributed by atoms with Gasteiger partial charge in [-0.2, -0.15) is 0 Å². The number of hydrogen-bond acceptors (Lipinski definition) is 4. The summed E-state index contributed by atoms with van der Waals surface area (Å²) in [5.41, 5.74) is -1.29. The molecular weight excluding hydrogens is 184 g/mol. The Morgan fingerprint density at radius 3 is 2.50 bits per heavy atom. The number of hydrogen-bond donors (Lipinski definition) is 0. The van der Waals surface area contributed by atoms with Crippen molar-refractivity contribution in [1.82, 2.24) is 0 Å². The predicted molar refractivity (Wildman–Crippen MR) is 51.0 cm³/mol. The number of ether oxygens (including phenoxy) is 3. The summed E-state index contributed by atoms with van der Waals surface area (Å²) in [5.74, 6) is -0.304. The van der Waals surface area contributed by atoms with Crippen molar-refractivity contribution in [2.75, 3.05) is 20.3 Å². The molecule has 0 aromatic heterocycles. The van der Waals surface area contributed by atoms with Gasteiger partial charge < -0.3 is 14.2 Å². The molecule has 1 aliphatic heterocycles. The second-order valence-corrected chi connectivity index (χ2v) is 3.64. The van der Waals surface area contributed by atoms with Crippen LogP contribution in [-0.4, -0.2) is 37.5 Å². The Morgan fingerprint density at radius 2 is 2.07 bits per heavy atom. The quantitative estimate of drug-likeness (QED) is 0.495. The first-order valence-electron chi connectivity index (χ1n) is 4.92. The predicted octanol–water partition coefficient (Wildman–Crippen LogP) is 1.13. The van der Waals surface area contributed by atoms with Crippen LogP contribution < -0.4 is 0 Å². The van der Waals surface area contributed by atoms with Crippen molar-refractivity contribution >= 4 is 5.97 Å². The molecule has 0 N–H and O–H groups in total. The van der Waals surface area contributed by atoms with Crippen LogP contribution in [0.15, 0.2) is 0 Å².